The minimum atomic E-state index is -1.83. The molecule has 12 amide bonds. The van der Waals surface area contributed by atoms with Crippen molar-refractivity contribution in [1.82, 2.24) is 63.1 Å². The molecular formula is C70H93F2N17O17S2. The lowest BCUT2D eigenvalue weighted by atomic mass is 9.95. The van der Waals surface area contributed by atoms with Gasteiger partial charge in [0.05, 0.1) is 0 Å². The number of aliphatic carboxylic acids is 2. The summed E-state index contributed by atoms with van der Waals surface area (Å²) in [5.74, 6) is -18.0. The number of aromatic hydroxyl groups is 1. The number of nitrogens with one attached hydrogen (secondary N) is 11. The second-order valence-electron chi connectivity index (χ2n) is 26.7. The standard InChI is InChI=1S/C70H93F2N17O17S2/c1-36(73)28-56(92)89-27-7-13-54(89)68(105)84-49(29-37-14-17-42(90)18-15-37)64(101)87-53-35-108-107-34-52(60(74)97)86-63(100)48(21-23-58(95)96)82-66(103)51(31-40-33-79-45-19-16-41(71)32-43(40)45)83-62(99)47(20-22-57(93)94)80-55(91)24-26-77-61(98)46(12-6-25-78-70(75)76)81-65(102)50(30-39-10-4-5-11-44(39)72)85-69(106)59(88-67(53)104)38-8-2-3-9-38/h4-5,10-11,14-19,32-33,36,38,46-54,59,79,90H,2-3,6-9,12-13,20-31,34-35,73H2,1H3,(H2,74,97)(H,77,98)(H,80,91)(H,81,102)(H,82,103)(H,83,99)(H,84,105)(H,85,106)(H,86,100)(H,87,101)(H,88,104)(H,93,94)(H,95,96)(H4,75,76,78)/t36-,46+,47+,48+,49+,50+,51+,52+,53+,54+,59+/m1/s1. The van der Waals surface area contributed by atoms with Crippen molar-refractivity contribution in [2.75, 3.05) is 31.1 Å². The highest BCUT2D eigenvalue weighted by molar-refractivity contribution is 8.76. The zero-order valence-corrected chi connectivity index (χ0v) is 60.9. The molecule has 38 heteroatoms. The summed E-state index contributed by atoms with van der Waals surface area (Å²) in [5, 5.41) is 55.7. The van der Waals surface area contributed by atoms with Crippen LogP contribution in [0.15, 0.2) is 77.9 Å². The van der Waals surface area contributed by atoms with Crippen LogP contribution in [-0.2, 0) is 86.4 Å². The summed E-state index contributed by atoms with van der Waals surface area (Å²) in [4.78, 5) is 205. The van der Waals surface area contributed by atoms with E-state index in [0.29, 0.717) is 43.2 Å². The maximum absolute atomic E-state index is 15.7. The molecule has 1 saturated carbocycles. The fourth-order valence-corrected chi connectivity index (χ4v) is 15.0. The molecule has 0 unspecified atom stereocenters. The smallest absolute Gasteiger partial charge is 0.303 e. The van der Waals surface area contributed by atoms with Gasteiger partial charge in [-0.2, -0.15) is 0 Å². The number of halogens is 2. The van der Waals surface area contributed by atoms with Gasteiger partial charge in [0.1, 0.15) is 77.8 Å². The first kappa shape index (κ1) is 84.6. The molecule has 2 aliphatic heterocycles. The van der Waals surface area contributed by atoms with Crippen molar-refractivity contribution in [1.29, 1.82) is 0 Å². The Morgan fingerprint density at radius 3 is 1.92 bits per heavy atom. The lowest BCUT2D eigenvalue weighted by Crippen LogP contribution is -2.61. The van der Waals surface area contributed by atoms with E-state index in [1.807, 2.05) is 0 Å². The quantitative estimate of drug-likeness (QED) is 0.0167. The number of phenolic OH excluding ortho intramolecular Hbond substituents is 1. The van der Waals surface area contributed by atoms with Crippen molar-refractivity contribution >= 4 is 121 Å². The SMILES string of the molecule is C[C@@H](N)CC(=O)N1CCC[C@H]1C(=O)N[C@@H](Cc1ccc(O)cc1)C(=O)N[C@H]1CSSC[C@@H](C(N)=O)NC(=O)[C@H](CCC(=O)O)NC(=O)[C@H](Cc2c[nH]c3ccc(F)cc23)NC(=O)[C@H](CCC(=O)O)NC(=O)CCNC(=O)[C@H](CCCN=C(N)N)NC(=O)[C@H](Cc2ccccc2F)NC(=O)[C@H](C2CCCC2)NC1=O. The Kier molecular flexibility index (Phi) is 32.5. The van der Waals surface area contributed by atoms with Gasteiger partial charge in [-0.05, 0) is 117 Å². The van der Waals surface area contributed by atoms with Crippen LogP contribution in [0.5, 0.6) is 5.75 Å². The highest BCUT2D eigenvalue weighted by Gasteiger charge is 2.41. The number of guanidine groups is 1. The molecule has 0 spiro atoms. The van der Waals surface area contributed by atoms with Gasteiger partial charge in [0.15, 0.2) is 5.96 Å². The van der Waals surface area contributed by atoms with Crippen LogP contribution in [0.4, 0.5) is 8.78 Å². The third kappa shape index (κ3) is 26.4. The Labute approximate surface area is 627 Å². The van der Waals surface area contributed by atoms with Gasteiger partial charge in [-0.25, -0.2) is 8.78 Å². The maximum Gasteiger partial charge on any atom is 0.303 e. The number of hydrogen-bond donors (Lipinski definition) is 18. The molecule has 0 bridgehead atoms. The van der Waals surface area contributed by atoms with Crippen LogP contribution < -0.4 is 76.1 Å². The number of nitrogens with zero attached hydrogens (tertiary/aromatic N) is 2. The van der Waals surface area contributed by atoms with Crippen LogP contribution in [0.25, 0.3) is 10.9 Å². The van der Waals surface area contributed by atoms with Gasteiger partial charge >= 0.3 is 11.9 Å². The number of primary amides is 1. The summed E-state index contributed by atoms with van der Waals surface area (Å²) in [6, 6.07) is -1.95. The molecule has 0 radical (unpaired) electrons. The highest BCUT2D eigenvalue weighted by Crippen LogP contribution is 2.30. The summed E-state index contributed by atoms with van der Waals surface area (Å²) in [6.07, 6.45) is -1.06. The number of phenols is 1. The van der Waals surface area contributed by atoms with Gasteiger partial charge in [0.25, 0.3) is 0 Å². The minimum absolute atomic E-state index is 0.0303. The summed E-state index contributed by atoms with van der Waals surface area (Å²) < 4.78 is 30.5. The average molecular weight is 1550 g/mol. The Hall–Kier alpha value is -10.6. The predicted molar refractivity (Wildman–Crippen MR) is 392 cm³/mol. The number of aromatic nitrogens is 1. The van der Waals surface area contributed by atoms with E-state index in [0.717, 1.165) is 39.8 Å². The van der Waals surface area contributed by atoms with Crippen LogP contribution in [0.1, 0.15) is 114 Å². The zero-order chi connectivity index (χ0) is 78.7. The largest absolute Gasteiger partial charge is 0.508 e. The van der Waals surface area contributed by atoms with E-state index in [1.165, 1.54) is 59.6 Å². The normalized spacial score (nSPS) is 23.0. The maximum atomic E-state index is 15.7. The lowest BCUT2D eigenvalue weighted by Gasteiger charge is -2.30. The molecule has 34 nitrogen and oxygen atoms in total. The molecule has 4 aromatic rings. The molecule has 3 aromatic carbocycles. The molecule has 3 aliphatic rings. The molecule has 108 heavy (non-hydrogen) atoms. The lowest BCUT2D eigenvalue weighted by molar-refractivity contribution is -0.140. The Bertz CT molecular complexity index is 3940. The van der Waals surface area contributed by atoms with Crippen LogP contribution in [-0.4, -0.2) is 212 Å². The molecule has 2 saturated heterocycles. The zero-order valence-electron chi connectivity index (χ0n) is 59.2. The van der Waals surface area contributed by atoms with Crippen molar-refractivity contribution < 1.29 is 91.2 Å². The molecule has 586 valence electrons. The fraction of sp³-hybridized carbons (Fsp3) is 0.500. The third-order valence-electron chi connectivity index (χ3n) is 18.3. The second kappa shape index (κ2) is 41.5. The minimum Gasteiger partial charge on any atom is -0.508 e. The number of amides is 12. The van der Waals surface area contributed by atoms with Gasteiger partial charge < -0.3 is 101 Å². The van der Waals surface area contributed by atoms with Crippen LogP contribution in [0, 0.1) is 17.6 Å². The van der Waals surface area contributed by atoms with Crippen molar-refractivity contribution in [2.45, 2.75) is 183 Å². The topological polar surface area (TPSA) is 555 Å². The van der Waals surface area contributed by atoms with Crippen molar-refractivity contribution in [3.05, 3.63) is 101 Å². The Balaban J connectivity index is 1.29. The number of H-pyrrole nitrogens is 1. The molecule has 7 rings (SSSR count). The molecule has 1 aromatic heterocycles. The number of benzene rings is 3. The Morgan fingerprint density at radius 2 is 1.28 bits per heavy atom. The summed E-state index contributed by atoms with van der Waals surface area (Å²) >= 11 is 0. The second-order valence-corrected chi connectivity index (χ2v) is 29.3. The van der Waals surface area contributed by atoms with E-state index in [1.54, 1.807) is 6.92 Å². The van der Waals surface area contributed by atoms with E-state index >= 15 is 18.8 Å². The van der Waals surface area contributed by atoms with Crippen molar-refractivity contribution in [2.24, 2.45) is 33.8 Å². The van der Waals surface area contributed by atoms with E-state index in [4.69, 9.17) is 22.9 Å². The van der Waals surface area contributed by atoms with Gasteiger partial charge in [-0.15, -0.1) is 0 Å². The fourth-order valence-electron chi connectivity index (χ4n) is 12.6. The number of rotatable bonds is 24. The van der Waals surface area contributed by atoms with E-state index in [9.17, 15) is 72.4 Å². The number of nitrogens with two attached hydrogens (primary N) is 4. The average Bonchev–Trinajstić information content (AvgIpc) is 1.64. The number of aliphatic imine (C=N–C) groups is 1. The van der Waals surface area contributed by atoms with Crippen LogP contribution >= 0.6 is 21.6 Å². The van der Waals surface area contributed by atoms with Crippen LogP contribution in [0.2, 0.25) is 0 Å². The number of hydrogen-bond acceptors (Lipinski definition) is 19. The molecule has 1 aliphatic carbocycles. The molecule has 3 heterocycles. The number of carboxylic acid groups (broad SMARTS) is 2. The number of likely N-dealkylation sites (tertiary alicyclic amines) is 1. The first-order chi connectivity index (χ1) is 51.4. The summed E-state index contributed by atoms with van der Waals surface area (Å²) in [7, 11) is 1.64. The summed E-state index contributed by atoms with van der Waals surface area (Å²) in [6.45, 7) is 1.25. The highest BCUT2D eigenvalue weighted by atomic mass is 33.1. The van der Waals surface area contributed by atoms with Gasteiger partial charge in [0, 0.05) is 99.2 Å². The van der Waals surface area contributed by atoms with E-state index in [-0.39, 0.29) is 73.4 Å². The number of carbonyl (C=O) groups is 14. The van der Waals surface area contributed by atoms with Gasteiger partial charge in [-0.1, -0.05) is 64.8 Å². The molecular weight excluding hydrogens is 1450 g/mol. The number of fused-ring (bicyclic) bond motifs is 1. The molecule has 11 atom stereocenters. The summed E-state index contributed by atoms with van der Waals surface area (Å²) in [5.41, 5.74) is 23.9. The number of carbonyl (C=O) groups excluding carboxylic acids is 12. The Morgan fingerprint density at radius 1 is 0.676 bits per heavy atom. The molecule has 3 fully saturated rings. The number of carboxylic acids is 2. The first-order valence-corrected chi connectivity index (χ1v) is 37.8. The van der Waals surface area contributed by atoms with E-state index in [2.05, 4.69) is 63.1 Å². The van der Waals surface area contributed by atoms with Crippen molar-refractivity contribution in [3.8, 4) is 5.75 Å². The molecule has 22 N–H and O–H groups in total. The van der Waals surface area contributed by atoms with Crippen LogP contribution in [0.3, 0.4) is 0 Å². The van der Waals surface area contributed by atoms with Gasteiger partial charge in [0.2, 0.25) is 70.9 Å². The van der Waals surface area contributed by atoms with Crippen molar-refractivity contribution in [3.63, 3.8) is 0 Å². The van der Waals surface area contributed by atoms with E-state index < -0.39 is 230 Å². The number of aromatic amines is 1. The monoisotopic (exact) mass is 1550 g/mol. The third-order valence-corrected chi connectivity index (χ3v) is 20.7. The predicted octanol–water partition coefficient (Wildman–Crippen LogP) is -1.37. The van der Waals surface area contributed by atoms with Gasteiger partial charge in [-0.3, -0.25) is 72.1 Å². The first-order valence-electron chi connectivity index (χ1n) is 35.3.